The minimum absolute atomic E-state index is 0.271. The molecule has 0 atom stereocenters. The standard InChI is InChI=1S/C33H31N3O2/c37-33(38)27-17-18-31-30(21-27)35-32(36(31)29-15-5-2-6-16-29)26-13-7-9-23(19-26)22-34-28-14-8-12-25(20-28)24-10-3-1-4-11-24/h1,3-4,7-14,17-21,29,34H,2,5-6,15-16,22H2,(H,37,38). The molecule has 0 amide bonds. The summed E-state index contributed by atoms with van der Waals surface area (Å²) in [4.78, 5) is 16.6. The molecule has 1 aromatic heterocycles. The third-order valence-corrected chi connectivity index (χ3v) is 7.53. The molecule has 5 aromatic rings. The Morgan fingerprint density at radius 2 is 1.58 bits per heavy atom. The Morgan fingerprint density at radius 3 is 2.39 bits per heavy atom. The number of anilines is 1. The Balaban J connectivity index is 1.31. The van der Waals surface area contributed by atoms with E-state index in [4.69, 9.17) is 4.98 Å². The minimum Gasteiger partial charge on any atom is -0.478 e. The second kappa shape index (κ2) is 10.5. The van der Waals surface area contributed by atoms with Gasteiger partial charge in [-0.25, -0.2) is 9.78 Å². The van der Waals surface area contributed by atoms with E-state index in [0.717, 1.165) is 41.0 Å². The van der Waals surface area contributed by atoms with E-state index in [1.807, 2.05) is 12.1 Å². The summed E-state index contributed by atoms with van der Waals surface area (Å²) >= 11 is 0. The SMILES string of the molecule is O=C(O)c1ccc2c(c1)nc(-c1cccc(CNc3cccc(-c4ccccc4)c3)c1)n2C1CCCCC1. The van der Waals surface area contributed by atoms with Gasteiger partial charge in [-0.2, -0.15) is 0 Å². The maximum atomic E-state index is 11.6. The van der Waals surface area contributed by atoms with Gasteiger partial charge in [-0.3, -0.25) is 0 Å². The number of benzene rings is 4. The zero-order valence-electron chi connectivity index (χ0n) is 21.3. The van der Waals surface area contributed by atoms with Crippen molar-refractivity contribution >= 4 is 22.7 Å². The van der Waals surface area contributed by atoms with Crippen molar-refractivity contribution in [3.8, 4) is 22.5 Å². The highest BCUT2D eigenvalue weighted by atomic mass is 16.4. The monoisotopic (exact) mass is 501 g/mol. The van der Waals surface area contributed by atoms with Crippen LogP contribution < -0.4 is 5.32 Å². The number of carbonyl (C=O) groups is 1. The van der Waals surface area contributed by atoms with Gasteiger partial charge >= 0.3 is 5.97 Å². The van der Waals surface area contributed by atoms with Crippen LogP contribution >= 0.6 is 0 Å². The quantitative estimate of drug-likeness (QED) is 0.236. The van der Waals surface area contributed by atoms with Crippen LogP contribution in [-0.4, -0.2) is 20.6 Å². The van der Waals surface area contributed by atoms with Crippen LogP contribution in [0.1, 0.15) is 54.1 Å². The van der Waals surface area contributed by atoms with Crippen LogP contribution in [0.5, 0.6) is 0 Å². The minimum atomic E-state index is -0.926. The molecule has 0 radical (unpaired) electrons. The summed E-state index contributed by atoms with van der Waals surface area (Å²) in [6, 6.07) is 33.1. The van der Waals surface area contributed by atoms with Crippen LogP contribution in [0.25, 0.3) is 33.5 Å². The fourth-order valence-corrected chi connectivity index (χ4v) is 5.61. The molecular formula is C33H31N3O2. The first-order valence-corrected chi connectivity index (χ1v) is 13.4. The molecule has 2 N–H and O–H groups in total. The number of rotatable bonds is 7. The van der Waals surface area contributed by atoms with Crippen LogP contribution in [-0.2, 0) is 6.54 Å². The lowest BCUT2D eigenvalue weighted by Crippen LogP contribution is -2.14. The van der Waals surface area contributed by atoms with E-state index < -0.39 is 5.97 Å². The summed E-state index contributed by atoms with van der Waals surface area (Å²) in [6.07, 6.45) is 5.94. The molecule has 5 heteroatoms. The number of fused-ring (bicyclic) bond motifs is 1. The smallest absolute Gasteiger partial charge is 0.335 e. The molecule has 0 spiro atoms. The molecule has 0 bridgehead atoms. The molecular weight excluding hydrogens is 470 g/mol. The molecule has 0 aliphatic heterocycles. The number of imidazole rings is 1. The summed E-state index contributed by atoms with van der Waals surface area (Å²) in [5.41, 5.74) is 7.71. The first-order chi connectivity index (χ1) is 18.7. The molecule has 38 heavy (non-hydrogen) atoms. The number of carboxylic acids is 1. The molecule has 1 fully saturated rings. The first-order valence-electron chi connectivity index (χ1n) is 13.4. The zero-order chi connectivity index (χ0) is 25.9. The fourth-order valence-electron chi connectivity index (χ4n) is 5.61. The van der Waals surface area contributed by atoms with E-state index >= 15 is 0 Å². The largest absolute Gasteiger partial charge is 0.478 e. The van der Waals surface area contributed by atoms with Crippen LogP contribution in [0.3, 0.4) is 0 Å². The third-order valence-electron chi connectivity index (χ3n) is 7.53. The second-order valence-corrected chi connectivity index (χ2v) is 10.1. The van der Waals surface area contributed by atoms with Gasteiger partial charge in [-0.15, -0.1) is 0 Å². The predicted molar refractivity (Wildman–Crippen MR) is 153 cm³/mol. The number of nitrogens with one attached hydrogen (secondary N) is 1. The number of aromatic carboxylic acids is 1. The number of hydrogen-bond acceptors (Lipinski definition) is 3. The highest BCUT2D eigenvalue weighted by Gasteiger charge is 2.23. The van der Waals surface area contributed by atoms with Crippen molar-refractivity contribution in [3.63, 3.8) is 0 Å². The number of carboxylic acid groups (broad SMARTS) is 1. The summed E-state index contributed by atoms with van der Waals surface area (Å²) in [6.45, 7) is 0.693. The molecule has 6 rings (SSSR count). The molecule has 1 aliphatic carbocycles. The molecule has 1 saturated carbocycles. The van der Waals surface area contributed by atoms with Crippen LogP contribution in [0, 0.1) is 0 Å². The van der Waals surface area contributed by atoms with Gasteiger partial charge in [0.2, 0.25) is 0 Å². The molecule has 0 unspecified atom stereocenters. The second-order valence-electron chi connectivity index (χ2n) is 10.1. The Morgan fingerprint density at radius 1 is 0.816 bits per heavy atom. The topological polar surface area (TPSA) is 67.2 Å². The lowest BCUT2D eigenvalue weighted by molar-refractivity contribution is 0.0697. The molecule has 5 nitrogen and oxygen atoms in total. The number of aromatic nitrogens is 2. The van der Waals surface area contributed by atoms with Gasteiger partial charge in [-0.1, -0.05) is 79.9 Å². The maximum Gasteiger partial charge on any atom is 0.335 e. The Labute approximate surface area is 222 Å². The average molecular weight is 502 g/mol. The molecule has 1 heterocycles. The average Bonchev–Trinajstić information content (AvgIpc) is 3.36. The number of nitrogens with zero attached hydrogens (tertiary/aromatic N) is 2. The third kappa shape index (κ3) is 4.92. The summed E-state index contributed by atoms with van der Waals surface area (Å²) in [7, 11) is 0. The van der Waals surface area contributed by atoms with E-state index in [1.165, 1.54) is 36.0 Å². The van der Waals surface area contributed by atoms with E-state index in [0.29, 0.717) is 12.6 Å². The van der Waals surface area contributed by atoms with Crippen molar-refractivity contribution in [2.45, 2.75) is 44.7 Å². The van der Waals surface area contributed by atoms with Gasteiger partial charge in [0.1, 0.15) is 5.82 Å². The van der Waals surface area contributed by atoms with Gasteiger partial charge in [-0.05, 0) is 65.9 Å². The number of hydrogen-bond donors (Lipinski definition) is 2. The van der Waals surface area contributed by atoms with E-state index in [2.05, 4.69) is 82.7 Å². The fraction of sp³-hybridized carbons (Fsp3) is 0.212. The van der Waals surface area contributed by atoms with Crippen molar-refractivity contribution in [2.75, 3.05) is 5.32 Å². The summed E-state index contributed by atoms with van der Waals surface area (Å²) in [5.74, 6) is -0.00700. The summed E-state index contributed by atoms with van der Waals surface area (Å²) < 4.78 is 2.36. The van der Waals surface area contributed by atoms with Crippen molar-refractivity contribution in [2.24, 2.45) is 0 Å². The van der Waals surface area contributed by atoms with E-state index in [-0.39, 0.29) is 5.56 Å². The summed E-state index contributed by atoms with van der Waals surface area (Å²) in [5, 5.41) is 13.1. The van der Waals surface area contributed by atoms with Crippen molar-refractivity contribution in [1.29, 1.82) is 0 Å². The first kappa shape index (κ1) is 24.0. The van der Waals surface area contributed by atoms with Crippen LogP contribution in [0.4, 0.5) is 5.69 Å². The zero-order valence-corrected chi connectivity index (χ0v) is 21.3. The lowest BCUT2D eigenvalue weighted by Gasteiger charge is -2.25. The molecule has 4 aromatic carbocycles. The Bertz CT molecular complexity index is 1580. The van der Waals surface area contributed by atoms with Gasteiger partial charge in [0.05, 0.1) is 16.6 Å². The highest BCUT2D eigenvalue weighted by Crippen LogP contribution is 2.36. The predicted octanol–water partition coefficient (Wildman–Crippen LogP) is 8.19. The van der Waals surface area contributed by atoms with Crippen molar-refractivity contribution in [3.05, 3.63) is 108 Å². The Hall–Kier alpha value is -4.38. The van der Waals surface area contributed by atoms with Gasteiger partial charge in [0.25, 0.3) is 0 Å². The van der Waals surface area contributed by atoms with Crippen molar-refractivity contribution in [1.82, 2.24) is 9.55 Å². The van der Waals surface area contributed by atoms with E-state index in [1.54, 1.807) is 12.1 Å². The molecule has 190 valence electrons. The van der Waals surface area contributed by atoms with Crippen molar-refractivity contribution < 1.29 is 9.90 Å². The van der Waals surface area contributed by atoms with E-state index in [9.17, 15) is 9.90 Å². The molecule has 0 saturated heterocycles. The van der Waals surface area contributed by atoms with Gasteiger partial charge in [0.15, 0.2) is 0 Å². The Kier molecular flexibility index (Phi) is 6.65. The molecule has 1 aliphatic rings. The normalized spacial score (nSPS) is 14.0. The lowest BCUT2D eigenvalue weighted by atomic mass is 9.94. The van der Waals surface area contributed by atoms with Crippen LogP contribution in [0.2, 0.25) is 0 Å². The van der Waals surface area contributed by atoms with Gasteiger partial charge < -0.3 is 15.0 Å². The van der Waals surface area contributed by atoms with Gasteiger partial charge in [0, 0.05) is 23.8 Å². The highest BCUT2D eigenvalue weighted by molar-refractivity contribution is 5.93. The maximum absolute atomic E-state index is 11.6. The van der Waals surface area contributed by atoms with Crippen LogP contribution in [0.15, 0.2) is 97.1 Å².